The van der Waals surface area contributed by atoms with Gasteiger partial charge in [-0.25, -0.2) is 4.68 Å². The lowest BCUT2D eigenvalue weighted by molar-refractivity contribution is 0.0652. The Morgan fingerprint density at radius 2 is 2.04 bits per heavy atom. The Hall–Kier alpha value is -2.70. The van der Waals surface area contributed by atoms with E-state index in [2.05, 4.69) is 10.1 Å². The van der Waals surface area contributed by atoms with Gasteiger partial charge in [-0.3, -0.25) is 14.6 Å². The van der Waals surface area contributed by atoms with Crippen LogP contribution in [0.2, 0.25) is 0 Å². The fourth-order valence-electron chi connectivity index (χ4n) is 2.90. The van der Waals surface area contributed by atoms with Gasteiger partial charge in [0.25, 0.3) is 11.5 Å². The van der Waals surface area contributed by atoms with Crippen molar-refractivity contribution in [2.24, 2.45) is 13.0 Å². The Kier molecular flexibility index (Phi) is 5.11. The minimum absolute atomic E-state index is 0.125. The predicted octanol–water partition coefficient (Wildman–Crippen LogP) is 1.41. The van der Waals surface area contributed by atoms with E-state index < -0.39 is 0 Å². The van der Waals surface area contributed by atoms with Crippen LogP contribution in [-0.4, -0.2) is 45.3 Å². The highest BCUT2D eigenvalue weighted by Crippen LogP contribution is 2.20. The van der Waals surface area contributed by atoms with Crippen molar-refractivity contribution in [3.8, 4) is 5.75 Å². The van der Waals surface area contributed by atoms with Gasteiger partial charge in [-0.1, -0.05) is 0 Å². The van der Waals surface area contributed by atoms with Crippen LogP contribution >= 0.6 is 0 Å². The lowest BCUT2D eigenvalue weighted by Crippen LogP contribution is -2.40. The summed E-state index contributed by atoms with van der Waals surface area (Å²) in [6.45, 7) is 3.92. The van der Waals surface area contributed by atoms with Crippen molar-refractivity contribution in [3.05, 3.63) is 52.2 Å². The molecule has 2 aromatic heterocycles. The summed E-state index contributed by atoms with van der Waals surface area (Å²) in [5, 5.41) is 4.03. The Bertz CT molecular complexity index is 810. The smallest absolute Gasteiger partial charge is 0.274 e. The number of pyridine rings is 1. The number of carbonyl (C=O) groups excluding carboxylic acids is 1. The Morgan fingerprint density at radius 3 is 2.72 bits per heavy atom. The molecular weight excluding hydrogens is 320 g/mol. The van der Waals surface area contributed by atoms with E-state index in [9.17, 15) is 9.59 Å². The molecule has 0 aliphatic carbocycles. The molecule has 0 unspecified atom stereocenters. The first-order chi connectivity index (χ1) is 12.0. The Labute approximate surface area is 146 Å². The molecule has 0 N–H and O–H groups in total. The molecule has 1 amide bonds. The minimum Gasteiger partial charge on any atom is -0.493 e. The first-order valence-corrected chi connectivity index (χ1v) is 8.42. The molecule has 0 aromatic carbocycles. The maximum Gasteiger partial charge on any atom is 0.274 e. The number of ether oxygens (including phenoxy) is 1. The van der Waals surface area contributed by atoms with E-state index in [0.29, 0.717) is 31.3 Å². The fourth-order valence-corrected chi connectivity index (χ4v) is 2.90. The summed E-state index contributed by atoms with van der Waals surface area (Å²) in [5.41, 5.74) is 1.02. The molecule has 3 heterocycles. The zero-order valence-corrected chi connectivity index (χ0v) is 14.5. The number of likely N-dealkylation sites (tertiary alicyclic amines) is 1. The van der Waals surface area contributed by atoms with Crippen molar-refractivity contribution >= 4 is 5.91 Å². The maximum absolute atomic E-state index is 12.5. The van der Waals surface area contributed by atoms with Gasteiger partial charge in [0.05, 0.1) is 6.61 Å². The zero-order valence-electron chi connectivity index (χ0n) is 14.5. The average Bonchev–Trinajstić information content (AvgIpc) is 2.62. The van der Waals surface area contributed by atoms with E-state index >= 15 is 0 Å². The number of amides is 1. The Morgan fingerprint density at radius 1 is 1.28 bits per heavy atom. The summed E-state index contributed by atoms with van der Waals surface area (Å²) in [5.74, 6) is 1.13. The zero-order chi connectivity index (χ0) is 17.8. The van der Waals surface area contributed by atoms with Crippen LogP contribution < -0.4 is 10.3 Å². The van der Waals surface area contributed by atoms with Crippen LogP contribution in [0.5, 0.6) is 5.75 Å². The predicted molar refractivity (Wildman–Crippen MR) is 92.6 cm³/mol. The lowest BCUT2D eigenvalue weighted by Gasteiger charge is -2.31. The number of rotatable bonds is 4. The van der Waals surface area contributed by atoms with E-state index in [1.54, 1.807) is 18.1 Å². The number of hydrogen-bond acceptors (Lipinski definition) is 5. The third kappa shape index (κ3) is 4.23. The summed E-state index contributed by atoms with van der Waals surface area (Å²) >= 11 is 0. The molecule has 0 spiro atoms. The number of carbonyl (C=O) groups is 1. The van der Waals surface area contributed by atoms with Crippen molar-refractivity contribution in [2.75, 3.05) is 19.7 Å². The number of piperidine rings is 1. The third-order valence-electron chi connectivity index (χ3n) is 4.44. The number of hydrogen-bond donors (Lipinski definition) is 0. The molecule has 132 valence electrons. The molecule has 7 heteroatoms. The molecule has 1 fully saturated rings. The number of nitrogens with zero attached hydrogens (tertiary/aromatic N) is 4. The second-order valence-electron chi connectivity index (χ2n) is 6.36. The molecule has 3 rings (SSSR count). The van der Waals surface area contributed by atoms with Crippen LogP contribution in [-0.2, 0) is 7.05 Å². The van der Waals surface area contributed by atoms with Gasteiger partial charge >= 0.3 is 0 Å². The minimum atomic E-state index is -0.223. The maximum atomic E-state index is 12.5. The molecule has 0 atom stereocenters. The molecule has 0 bridgehead atoms. The van der Waals surface area contributed by atoms with E-state index in [1.807, 2.05) is 19.1 Å². The van der Waals surface area contributed by atoms with Crippen molar-refractivity contribution < 1.29 is 9.53 Å². The van der Waals surface area contributed by atoms with Crippen molar-refractivity contribution in [1.82, 2.24) is 19.7 Å². The van der Waals surface area contributed by atoms with Crippen molar-refractivity contribution in [1.29, 1.82) is 0 Å². The quantitative estimate of drug-likeness (QED) is 0.840. The molecular formula is C18H22N4O3. The average molecular weight is 342 g/mol. The van der Waals surface area contributed by atoms with Crippen LogP contribution in [0.3, 0.4) is 0 Å². The van der Waals surface area contributed by atoms with E-state index in [4.69, 9.17) is 4.74 Å². The third-order valence-corrected chi connectivity index (χ3v) is 4.44. The van der Waals surface area contributed by atoms with Gasteiger partial charge < -0.3 is 9.64 Å². The summed E-state index contributed by atoms with van der Waals surface area (Å²) < 4.78 is 7.03. The molecule has 1 saturated heterocycles. The van der Waals surface area contributed by atoms with Gasteiger partial charge in [0.2, 0.25) is 0 Å². The standard InChI is InChI=1S/C18H22N4O3/c1-13-11-15(5-8-19-13)25-12-14-6-9-22(10-7-14)18(24)16-3-4-17(23)21(2)20-16/h3-5,8,11,14H,6-7,9-10,12H2,1-2H3. The lowest BCUT2D eigenvalue weighted by atomic mass is 9.97. The molecule has 25 heavy (non-hydrogen) atoms. The van der Waals surface area contributed by atoms with Gasteiger partial charge in [0.1, 0.15) is 11.4 Å². The molecule has 0 saturated carbocycles. The summed E-state index contributed by atoms with van der Waals surface area (Å²) in [4.78, 5) is 29.8. The topological polar surface area (TPSA) is 77.3 Å². The molecule has 0 radical (unpaired) electrons. The second kappa shape index (κ2) is 7.46. The largest absolute Gasteiger partial charge is 0.493 e. The van der Waals surface area contributed by atoms with Gasteiger partial charge in [-0.2, -0.15) is 5.10 Å². The van der Waals surface area contributed by atoms with E-state index in [1.165, 1.54) is 16.8 Å². The summed E-state index contributed by atoms with van der Waals surface area (Å²) in [7, 11) is 1.55. The highest BCUT2D eigenvalue weighted by atomic mass is 16.5. The van der Waals surface area contributed by atoms with Crippen molar-refractivity contribution in [2.45, 2.75) is 19.8 Å². The van der Waals surface area contributed by atoms with Gasteiger partial charge in [-0.05, 0) is 37.8 Å². The van der Waals surface area contributed by atoms with Crippen LogP contribution in [0.25, 0.3) is 0 Å². The van der Waals surface area contributed by atoms with Gasteiger partial charge in [0, 0.05) is 44.2 Å². The molecule has 1 aliphatic rings. The van der Waals surface area contributed by atoms with E-state index in [0.717, 1.165) is 24.3 Å². The second-order valence-corrected chi connectivity index (χ2v) is 6.36. The van der Waals surface area contributed by atoms with Gasteiger partial charge in [-0.15, -0.1) is 0 Å². The van der Waals surface area contributed by atoms with Crippen molar-refractivity contribution in [3.63, 3.8) is 0 Å². The molecule has 7 nitrogen and oxygen atoms in total. The normalized spacial score (nSPS) is 15.2. The van der Waals surface area contributed by atoms with E-state index in [-0.39, 0.29) is 11.5 Å². The highest BCUT2D eigenvalue weighted by Gasteiger charge is 2.25. The number of aromatic nitrogens is 3. The van der Waals surface area contributed by atoms with Gasteiger partial charge in [0.15, 0.2) is 0 Å². The van der Waals surface area contributed by atoms with Crippen LogP contribution in [0.15, 0.2) is 35.3 Å². The first kappa shape index (κ1) is 17.1. The highest BCUT2D eigenvalue weighted by molar-refractivity contribution is 5.92. The summed E-state index contributed by atoms with van der Waals surface area (Å²) in [6, 6.07) is 6.64. The Balaban J connectivity index is 1.52. The monoisotopic (exact) mass is 342 g/mol. The van der Waals surface area contributed by atoms with Crippen LogP contribution in [0.1, 0.15) is 29.0 Å². The fraction of sp³-hybridized carbons (Fsp3) is 0.444. The molecule has 2 aromatic rings. The number of aryl methyl sites for hydroxylation is 2. The SMILES string of the molecule is Cc1cc(OCC2CCN(C(=O)c3ccc(=O)n(C)n3)CC2)ccn1. The molecule has 1 aliphatic heterocycles. The summed E-state index contributed by atoms with van der Waals surface area (Å²) in [6.07, 6.45) is 3.52. The van der Waals surface area contributed by atoms with Crippen LogP contribution in [0, 0.1) is 12.8 Å². The van der Waals surface area contributed by atoms with Crippen LogP contribution in [0.4, 0.5) is 0 Å². The first-order valence-electron chi connectivity index (χ1n) is 8.42.